The maximum Gasteiger partial charge on any atom is 0.288 e. The molecule has 0 saturated heterocycles. The summed E-state index contributed by atoms with van der Waals surface area (Å²) >= 11 is 0. The fourth-order valence-electron chi connectivity index (χ4n) is 1.19. The highest BCUT2D eigenvalue weighted by atomic mass is 16.2. The van der Waals surface area contributed by atoms with Crippen LogP contribution in [0.2, 0.25) is 0 Å². The number of carbonyl (C=O) groups is 1. The molecule has 0 spiro atoms. The zero-order valence-electron chi connectivity index (χ0n) is 9.53. The van der Waals surface area contributed by atoms with Gasteiger partial charge in [-0.05, 0) is 13.3 Å². The molecule has 1 aromatic heterocycles. The molecule has 0 bridgehead atoms. The molecule has 1 amide bonds. The highest BCUT2D eigenvalue weighted by molar-refractivity contribution is 5.90. The molecule has 2 N–H and O–H groups in total. The standard InChI is InChI=1S/C11H16N4O/c1-3-5-9(2)6-4-7-12-11(16)10-13-8-14-15-10/h4-6,8H,3,7H2,1-2H3,(H,12,16)(H,13,14,15)/b6-4-,9-5+. The van der Waals surface area contributed by atoms with E-state index in [-0.39, 0.29) is 11.7 Å². The Labute approximate surface area is 94.7 Å². The summed E-state index contributed by atoms with van der Waals surface area (Å²) in [6.07, 6.45) is 8.31. The first-order chi connectivity index (χ1) is 7.74. The Morgan fingerprint density at radius 3 is 3.06 bits per heavy atom. The monoisotopic (exact) mass is 220 g/mol. The molecule has 86 valence electrons. The van der Waals surface area contributed by atoms with Crippen LogP contribution in [-0.2, 0) is 0 Å². The van der Waals surface area contributed by atoms with Crippen LogP contribution in [0.25, 0.3) is 0 Å². The third-order valence-electron chi connectivity index (χ3n) is 1.92. The Balaban J connectivity index is 2.31. The smallest absolute Gasteiger partial charge is 0.288 e. The van der Waals surface area contributed by atoms with Gasteiger partial charge in [0.2, 0.25) is 5.82 Å². The van der Waals surface area contributed by atoms with Crippen molar-refractivity contribution in [2.24, 2.45) is 0 Å². The summed E-state index contributed by atoms with van der Waals surface area (Å²) in [5.41, 5.74) is 1.19. The molecule has 0 aliphatic rings. The van der Waals surface area contributed by atoms with E-state index >= 15 is 0 Å². The lowest BCUT2D eigenvalue weighted by Gasteiger charge is -1.97. The van der Waals surface area contributed by atoms with Gasteiger partial charge in [0.15, 0.2) is 0 Å². The molecular weight excluding hydrogens is 204 g/mol. The van der Waals surface area contributed by atoms with Crippen molar-refractivity contribution >= 4 is 5.91 Å². The summed E-state index contributed by atoms with van der Waals surface area (Å²) in [6.45, 7) is 4.59. The van der Waals surface area contributed by atoms with Crippen molar-refractivity contribution < 1.29 is 4.79 Å². The first-order valence-electron chi connectivity index (χ1n) is 5.21. The minimum atomic E-state index is -0.251. The molecular formula is C11H16N4O. The lowest BCUT2D eigenvalue weighted by molar-refractivity contribution is 0.0948. The Hall–Kier alpha value is -1.91. The van der Waals surface area contributed by atoms with Crippen LogP contribution in [0.15, 0.2) is 30.1 Å². The summed E-state index contributed by atoms with van der Waals surface area (Å²) in [5.74, 6) is -0.0199. The highest BCUT2D eigenvalue weighted by Crippen LogP contribution is 1.96. The molecule has 0 aromatic carbocycles. The number of nitrogens with zero attached hydrogens (tertiary/aromatic N) is 2. The number of hydrogen-bond donors (Lipinski definition) is 2. The third-order valence-corrected chi connectivity index (χ3v) is 1.92. The van der Waals surface area contributed by atoms with Crippen LogP contribution in [0.1, 0.15) is 30.9 Å². The van der Waals surface area contributed by atoms with Crippen molar-refractivity contribution in [3.63, 3.8) is 0 Å². The molecule has 1 aromatic rings. The number of amides is 1. The number of H-pyrrole nitrogens is 1. The van der Waals surface area contributed by atoms with Gasteiger partial charge in [-0.3, -0.25) is 9.89 Å². The van der Waals surface area contributed by atoms with Crippen LogP contribution in [0.3, 0.4) is 0 Å². The van der Waals surface area contributed by atoms with Crippen molar-refractivity contribution in [1.82, 2.24) is 20.5 Å². The van der Waals surface area contributed by atoms with Gasteiger partial charge in [0.1, 0.15) is 6.33 Å². The fourth-order valence-corrected chi connectivity index (χ4v) is 1.19. The lowest BCUT2D eigenvalue weighted by Crippen LogP contribution is -2.24. The Morgan fingerprint density at radius 2 is 2.44 bits per heavy atom. The predicted molar refractivity (Wildman–Crippen MR) is 61.9 cm³/mol. The van der Waals surface area contributed by atoms with Gasteiger partial charge in [-0.25, -0.2) is 4.98 Å². The summed E-state index contributed by atoms with van der Waals surface area (Å²) in [6, 6.07) is 0. The maximum atomic E-state index is 11.4. The largest absolute Gasteiger partial charge is 0.346 e. The van der Waals surface area contributed by atoms with Gasteiger partial charge >= 0.3 is 0 Å². The molecule has 16 heavy (non-hydrogen) atoms. The average molecular weight is 220 g/mol. The van der Waals surface area contributed by atoms with E-state index in [1.165, 1.54) is 11.9 Å². The first-order valence-corrected chi connectivity index (χ1v) is 5.21. The van der Waals surface area contributed by atoms with Gasteiger partial charge < -0.3 is 5.32 Å². The van der Waals surface area contributed by atoms with Crippen molar-refractivity contribution in [2.45, 2.75) is 20.3 Å². The third kappa shape index (κ3) is 4.08. The Kier molecular flexibility index (Phi) is 4.98. The second kappa shape index (κ2) is 6.55. The quantitative estimate of drug-likeness (QED) is 0.738. The highest BCUT2D eigenvalue weighted by Gasteiger charge is 2.05. The molecule has 5 heteroatoms. The zero-order chi connectivity index (χ0) is 11.8. The van der Waals surface area contributed by atoms with E-state index in [4.69, 9.17) is 0 Å². The summed E-state index contributed by atoms with van der Waals surface area (Å²) in [4.78, 5) is 15.1. The Bertz CT molecular complexity index is 379. The van der Waals surface area contributed by atoms with Crippen molar-refractivity contribution in [1.29, 1.82) is 0 Å². The summed E-state index contributed by atoms with van der Waals surface area (Å²) in [5, 5.41) is 8.79. The molecule has 0 aliphatic carbocycles. The van der Waals surface area contributed by atoms with E-state index in [0.717, 1.165) is 6.42 Å². The van der Waals surface area contributed by atoms with Crippen LogP contribution in [0.5, 0.6) is 0 Å². The normalized spacial score (nSPS) is 12.0. The van der Waals surface area contributed by atoms with Crippen molar-refractivity contribution in [2.75, 3.05) is 6.54 Å². The first kappa shape index (κ1) is 12.2. The second-order valence-corrected chi connectivity index (χ2v) is 3.30. The maximum absolute atomic E-state index is 11.4. The number of aromatic nitrogens is 3. The molecule has 0 fully saturated rings. The average Bonchev–Trinajstić information content (AvgIpc) is 2.78. The van der Waals surface area contributed by atoms with Crippen molar-refractivity contribution in [3.05, 3.63) is 36.0 Å². The molecule has 1 heterocycles. The van der Waals surface area contributed by atoms with Gasteiger partial charge in [-0.2, -0.15) is 5.10 Å². The molecule has 5 nitrogen and oxygen atoms in total. The fraction of sp³-hybridized carbons (Fsp3) is 0.364. The number of carbonyl (C=O) groups excluding carboxylic acids is 1. The molecule has 1 rings (SSSR count). The predicted octanol–water partition coefficient (Wildman–Crippen LogP) is 1.45. The van der Waals surface area contributed by atoms with Crippen LogP contribution in [0, 0.1) is 0 Å². The minimum absolute atomic E-state index is 0.231. The summed E-state index contributed by atoms with van der Waals surface area (Å²) in [7, 11) is 0. The zero-order valence-corrected chi connectivity index (χ0v) is 9.53. The molecule has 0 unspecified atom stereocenters. The lowest BCUT2D eigenvalue weighted by atomic mass is 10.2. The molecule has 0 saturated carbocycles. The SMILES string of the molecule is CC/C=C(C)/C=C\CNC(=O)c1ncn[nH]1. The van der Waals surface area contributed by atoms with Gasteiger partial charge in [0.25, 0.3) is 5.91 Å². The number of hydrogen-bond acceptors (Lipinski definition) is 3. The van der Waals surface area contributed by atoms with Crippen molar-refractivity contribution in [3.8, 4) is 0 Å². The van der Waals surface area contributed by atoms with E-state index in [0.29, 0.717) is 6.54 Å². The van der Waals surface area contributed by atoms with E-state index in [2.05, 4.69) is 33.5 Å². The topological polar surface area (TPSA) is 70.7 Å². The number of allylic oxidation sites excluding steroid dienone is 3. The number of nitrogens with one attached hydrogen (secondary N) is 2. The summed E-state index contributed by atoms with van der Waals surface area (Å²) < 4.78 is 0. The van der Waals surface area contributed by atoms with Crippen LogP contribution in [0.4, 0.5) is 0 Å². The van der Waals surface area contributed by atoms with E-state index < -0.39 is 0 Å². The molecule has 0 aliphatic heterocycles. The molecule has 0 radical (unpaired) electrons. The Morgan fingerprint density at radius 1 is 1.62 bits per heavy atom. The molecule has 0 atom stereocenters. The van der Waals surface area contributed by atoms with Gasteiger partial charge in [0, 0.05) is 6.54 Å². The van der Waals surface area contributed by atoms with Gasteiger partial charge in [0.05, 0.1) is 0 Å². The van der Waals surface area contributed by atoms with E-state index in [1.807, 2.05) is 19.1 Å². The number of rotatable bonds is 5. The van der Waals surface area contributed by atoms with E-state index in [1.54, 1.807) is 0 Å². The number of aromatic amines is 1. The van der Waals surface area contributed by atoms with Gasteiger partial charge in [-0.15, -0.1) is 0 Å². The van der Waals surface area contributed by atoms with E-state index in [9.17, 15) is 4.79 Å². The van der Waals surface area contributed by atoms with Crippen LogP contribution in [-0.4, -0.2) is 27.6 Å². The van der Waals surface area contributed by atoms with Crippen LogP contribution < -0.4 is 5.32 Å². The minimum Gasteiger partial charge on any atom is -0.346 e. The second-order valence-electron chi connectivity index (χ2n) is 3.30. The van der Waals surface area contributed by atoms with Crippen LogP contribution >= 0.6 is 0 Å². The van der Waals surface area contributed by atoms with Gasteiger partial charge in [-0.1, -0.05) is 30.7 Å².